The Bertz CT molecular complexity index is 824. The maximum Gasteiger partial charge on any atom is 0.524 e. The summed E-state index contributed by atoms with van der Waals surface area (Å²) in [7, 11) is -3.29. The van der Waals surface area contributed by atoms with E-state index in [2.05, 4.69) is 9.26 Å². The van der Waals surface area contributed by atoms with Crippen LogP contribution in [0.3, 0.4) is 0 Å². The molecular formula is C18H19O7P. The van der Waals surface area contributed by atoms with E-state index in [1.807, 2.05) is 0 Å². The first-order valence-corrected chi connectivity index (χ1v) is 9.33. The zero-order valence-electron chi connectivity index (χ0n) is 14.1. The molecule has 2 aromatic carbocycles. The molecular weight excluding hydrogens is 359 g/mol. The smallest absolute Gasteiger partial charge is 0.469 e. The summed E-state index contributed by atoms with van der Waals surface area (Å²) in [5.74, 6) is -0.368. The molecule has 0 aliphatic carbocycles. The minimum absolute atomic E-state index is 0.0513. The van der Waals surface area contributed by atoms with Crippen molar-refractivity contribution in [2.45, 2.75) is 19.3 Å². The van der Waals surface area contributed by atoms with Crippen LogP contribution in [0.15, 0.2) is 48.5 Å². The van der Waals surface area contributed by atoms with Gasteiger partial charge in [-0.25, -0.2) is 4.57 Å². The number of hydrogen-bond acceptors (Lipinski definition) is 5. The summed E-state index contributed by atoms with van der Waals surface area (Å²) in [5, 5.41) is 0. The van der Waals surface area contributed by atoms with Gasteiger partial charge in [0.25, 0.3) is 0 Å². The second kappa shape index (κ2) is 8.76. The Morgan fingerprint density at radius 3 is 2.35 bits per heavy atom. The van der Waals surface area contributed by atoms with E-state index < -0.39 is 7.82 Å². The summed E-state index contributed by atoms with van der Waals surface area (Å²) >= 11 is 0. The van der Waals surface area contributed by atoms with Crippen LogP contribution >= 0.6 is 7.82 Å². The number of phosphoric acid groups is 1. The average Bonchev–Trinajstić information content (AvgIpc) is 2.59. The third-order valence-corrected chi connectivity index (χ3v) is 4.06. The summed E-state index contributed by atoms with van der Waals surface area (Å²) in [4.78, 5) is 41.2. The van der Waals surface area contributed by atoms with Crippen molar-refractivity contribution in [3.63, 3.8) is 0 Å². The molecule has 2 aromatic rings. The van der Waals surface area contributed by atoms with E-state index in [9.17, 15) is 14.2 Å². The van der Waals surface area contributed by atoms with Crippen LogP contribution in [0.25, 0.3) is 0 Å². The Hall–Kier alpha value is -2.47. The summed E-state index contributed by atoms with van der Waals surface area (Å²) in [6.07, 6.45) is 0.786. The third kappa shape index (κ3) is 6.44. The van der Waals surface area contributed by atoms with Gasteiger partial charge in [-0.15, -0.1) is 0 Å². The lowest BCUT2D eigenvalue weighted by atomic mass is 10.0. The average molecular weight is 378 g/mol. The monoisotopic (exact) mass is 378 g/mol. The fourth-order valence-electron chi connectivity index (χ4n) is 2.34. The Morgan fingerprint density at radius 2 is 1.73 bits per heavy atom. The van der Waals surface area contributed by atoms with Crippen molar-refractivity contribution in [1.29, 1.82) is 0 Å². The molecule has 0 aliphatic heterocycles. The van der Waals surface area contributed by atoms with Gasteiger partial charge in [-0.05, 0) is 29.7 Å². The Balaban J connectivity index is 1.95. The second-order valence-electron chi connectivity index (χ2n) is 5.60. The molecule has 0 saturated heterocycles. The second-order valence-corrected chi connectivity index (χ2v) is 6.77. The van der Waals surface area contributed by atoms with Gasteiger partial charge >= 0.3 is 13.8 Å². The van der Waals surface area contributed by atoms with E-state index in [0.29, 0.717) is 12.0 Å². The number of carbonyl (C=O) groups is 2. The molecule has 0 heterocycles. The fraction of sp³-hybridized carbons (Fsp3) is 0.222. The van der Waals surface area contributed by atoms with Gasteiger partial charge in [0.1, 0.15) is 5.75 Å². The van der Waals surface area contributed by atoms with E-state index in [4.69, 9.17) is 9.79 Å². The molecule has 0 radical (unpaired) electrons. The van der Waals surface area contributed by atoms with Crippen LogP contribution < -0.4 is 4.52 Å². The third-order valence-electron chi connectivity index (χ3n) is 3.62. The van der Waals surface area contributed by atoms with Crippen molar-refractivity contribution in [2.24, 2.45) is 0 Å². The molecule has 138 valence electrons. The van der Waals surface area contributed by atoms with Gasteiger partial charge in [0, 0.05) is 12.0 Å². The quantitative estimate of drug-likeness (QED) is 0.413. The van der Waals surface area contributed by atoms with Gasteiger partial charge < -0.3 is 9.26 Å². The van der Waals surface area contributed by atoms with E-state index in [1.54, 1.807) is 36.4 Å². The topological polar surface area (TPSA) is 110 Å². The predicted octanol–water partition coefficient (Wildman–Crippen LogP) is 2.69. The van der Waals surface area contributed by atoms with Crippen LogP contribution in [0.1, 0.15) is 27.9 Å². The highest BCUT2D eigenvalue weighted by molar-refractivity contribution is 7.46. The number of ketones is 1. The standard InChI is InChI=1S/C18H19O7P/c1-24-18(20)12-14-5-8-15(9-6-14)17(19)10-7-13-3-2-4-16(11-13)25-26(21,22)23/h2-6,8-9,11H,7,10,12H2,1H3,(H2,21,22,23). The van der Waals surface area contributed by atoms with Crippen LogP contribution in [0.4, 0.5) is 0 Å². The van der Waals surface area contributed by atoms with Crippen molar-refractivity contribution in [3.05, 3.63) is 65.2 Å². The van der Waals surface area contributed by atoms with Gasteiger partial charge in [0.2, 0.25) is 0 Å². The highest BCUT2D eigenvalue weighted by Crippen LogP contribution is 2.37. The van der Waals surface area contributed by atoms with Gasteiger partial charge in [0.05, 0.1) is 13.5 Å². The number of esters is 1. The minimum Gasteiger partial charge on any atom is -0.469 e. The molecule has 0 aliphatic rings. The maximum atomic E-state index is 12.3. The summed E-state index contributed by atoms with van der Waals surface area (Å²) < 4.78 is 20.0. The molecule has 2 rings (SSSR count). The molecule has 2 N–H and O–H groups in total. The number of hydrogen-bond donors (Lipinski definition) is 2. The van der Waals surface area contributed by atoms with Gasteiger partial charge in [-0.2, -0.15) is 0 Å². The van der Waals surface area contributed by atoms with Gasteiger partial charge in [-0.3, -0.25) is 19.4 Å². The molecule has 0 bridgehead atoms. The highest BCUT2D eigenvalue weighted by atomic mass is 31.2. The number of benzene rings is 2. The van der Waals surface area contributed by atoms with Crippen molar-refractivity contribution in [3.8, 4) is 5.75 Å². The molecule has 8 heteroatoms. The van der Waals surface area contributed by atoms with Gasteiger partial charge in [0.15, 0.2) is 5.78 Å². The lowest BCUT2D eigenvalue weighted by Gasteiger charge is -2.08. The number of Topliss-reactive ketones (excluding diaryl/α,β-unsaturated/α-hetero) is 1. The SMILES string of the molecule is COC(=O)Cc1ccc(C(=O)CCc2cccc(OP(=O)(O)O)c2)cc1. The number of ether oxygens (including phenoxy) is 1. The molecule has 0 spiro atoms. The molecule has 0 atom stereocenters. The number of aryl methyl sites for hydroxylation is 1. The molecule has 0 saturated carbocycles. The Kier molecular flexibility index (Phi) is 6.69. The van der Waals surface area contributed by atoms with Crippen LogP contribution in [0.2, 0.25) is 0 Å². The predicted molar refractivity (Wildman–Crippen MR) is 93.9 cm³/mol. The van der Waals surface area contributed by atoms with Gasteiger partial charge in [-0.1, -0.05) is 36.4 Å². The number of rotatable bonds is 8. The highest BCUT2D eigenvalue weighted by Gasteiger charge is 2.16. The van der Waals surface area contributed by atoms with Crippen molar-refractivity contribution < 1.29 is 33.2 Å². The summed E-state index contributed by atoms with van der Waals surface area (Å²) in [5.41, 5.74) is 2.02. The van der Waals surface area contributed by atoms with E-state index in [0.717, 1.165) is 11.1 Å². The van der Waals surface area contributed by atoms with E-state index in [-0.39, 0.29) is 30.3 Å². The summed E-state index contributed by atoms with van der Waals surface area (Å²) in [6.45, 7) is 0. The zero-order valence-corrected chi connectivity index (χ0v) is 15.0. The normalized spacial score (nSPS) is 11.0. The molecule has 0 aromatic heterocycles. The van der Waals surface area contributed by atoms with E-state index in [1.165, 1.54) is 19.2 Å². The van der Waals surface area contributed by atoms with Crippen molar-refractivity contribution in [1.82, 2.24) is 0 Å². The van der Waals surface area contributed by atoms with Crippen LogP contribution in [0, 0.1) is 0 Å². The number of phosphoric ester groups is 1. The lowest BCUT2D eigenvalue weighted by Crippen LogP contribution is -2.05. The van der Waals surface area contributed by atoms with Crippen molar-refractivity contribution >= 4 is 19.6 Å². The zero-order chi connectivity index (χ0) is 19.2. The fourth-order valence-corrected chi connectivity index (χ4v) is 2.73. The Labute approximate surface area is 150 Å². The molecule has 7 nitrogen and oxygen atoms in total. The first-order chi connectivity index (χ1) is 12.3. The minimum atomic E-state index is -4.61. The van der Waals surface area contributed by atoms with E-state index >= 15 is 0 Å². The number of carbonyl (C=O) groups excluding carboxylic acids is 2. The summed E-state index contributed by atoms with van der Waals surface area (Å²) in [6, 6.07) is 13.0. The number of methoxy groups -OCH3 is 1. The van der Waals surface area contributed by atoms with Crippen LogP contribution in [-0.2, 0) is 26.9 Å². The maximum absolute atomic E-state index is 12.3. The first-order valence-electron chi connectivity index (χ1n) is 7.80. The molecule has 0 amide bonds. The lowest BCUT2D eigenvalue weighted by molar-refractivity contribution is -0.139. The van der Waals surface area contributed by atoms with Crippen LogP contribution in [-0.4, -0.2) is 28.6 Å². The van der Waals surface area contributed by atoms with Crippen molar-refractivity contribution in [2.75, 3.05) is 7.11 Å². The molecule has 26 heavy (non-hydrogen) atoms. The molecule has 0 unspecified atom stereocenters. The Morgan fingerprint density at radius 1 is 1.04 bits per heavy atom. The van der Waals surface area contributed by atoms with Crippen LogP contribution in [0.5, 0.6) is 5.75 Å². The largest absolute Gasteiger partial charge is 0.524 e. The molecule has 0 fully saturated rings. The first kappa shape index (κ1) is 19.8.